The molecule has 1 atom stereocenters. The third-order valence-corrected chi connectivity index (χ3v) is 2.95. The van der Waals surface area contributed by atoms with Gasteiger partial charge < -0.3 is 15.5 Å². The molecule has 7 heteroatoms. The number of aromatic hydroxyl groups is 1. The van der Waals surface area contributed by atoms with Crippen molar-refractivity contribution in [1.29, 1.82) is 0 Å². The van der Waals surface area contributed by atoms with Gasteiger partial charge in [0.15, 0.2) is 0 Å². The van der Waals surface area contributed by atoms with Crippen LogP contribution in [0.1, 0.15) is 15.9 Å². The van der Waals surface area contributed by atoms with Crippen LogP contribution in [0.5, 0.6) is 5.75 Å². The fourth-order valence-electron chi connectivity index (χ4n) is 1.85. The molecular formula is C14H15N3O4. The van der Waals surface area contributed by atoms with Crippen LogP contribution in [0, 0.1) is 0 Å². The molecule has 110 valence electrons. The van der Waals surface area contributed by atoms with E-state index >= 15 is 0 Å². The summed E-state index contributed by atoms with van der Waals surface area (Å²) in [5.41, 5.74) is 1.00. The van der Waals surface area contributed by atoms with E-state index in [0.29, 0.717) is 11.1 Å². The molecule has 0 spiro atoms. The van der Waals surface area contributed by atoms with Crippen molar-refractivity contribution in [2.45, 2.75) is 12.5 Å². The average Bonchev–Trinajstić information content (AvgIpc) is 2.87. The lowest BCUT2D eigenvalue weighted by Crippen LogP contribution is -2.42. The number of carbonyl (C=O) groups is 2. The number of aryl methyl sites for hydroxylation is 1. The van der Waals surface area contributed by atoms with E-state index in [4.69, 9.17) is 0 Å². The van der Waals surface area contributed by atoms with Gasteiger partial charge in [-0.1, -0.05) is 12.1 Å². The van der Waals surface area contributed by atoms with E-state index in [1.807, 2.05) is 0 Å². The first-order valence-corrected chi connectivity index (χ1v) is 6.26. The molecule has 7 nitrogen and oxygen atoms in total. The largest absolute Gasteiger partial charge is 0.508 e. The molecule has 0 aliphatic carbocycles. The molecule has 1 aromatic carbocycles. The van der Waals surface area contributed by atoms with Gasteiger partial charge in [0.05, 0.1) is 11.8 Å². The fourth-order valence-corrected chi connectivity index (χ4v) is 1.85. The summed E-state index contributed by atoms with van der Waals surface area (Å²) in [4.78, 5) is 23.2. The van der Waals surface area contributed by atoms with Crippen LogP contribution in [-0.4, -0.2) is 37.9 Å². The summed E-state index contributed by atoms with van der Waals surface area (Å²) in [5, 5.41) is 24.7. The van der Waals surface area contributed by atoms with Gasteiger partial charge in [-0.15, -0.1) is 0 Å². The summed E-state index contributed by atoms with van der Waals surface area (Å²) >= 11 is 0. The molecule has 1 aromatic heterocycles. The standard InChI is InChI=1S/C14H15N3O4/c1-17-8-10(7-15-17)13(19)16-12(14(20)21)6-9-2-4-11(18)5-3-9/h2-5,7-8,12,18H,6H2,1H3,(H,16,19)(H,20,21). The van der Waals surface area contributed by atoms with Crippen molar-refractivity contribution in [3.8, 4) is 5.75 Å². The molecular weight excluding hydrogens is 274 g/mol. The highest BCUT2D eigenvalue weighted by Crippen LogP contribution is 2.11. The Balaban J connectivity index is 2.07. The number of phenolic OH excluding ortho intramolecular Hbond substituents is 1. The molecule has 0 fully saturated rings. The molecule has 21 heavy (non-hydrogen) atoms. The number of nitrogens with one attached hydrogen (secondary N) is 1. The highest BCUT2D eigenvalue weighted by atomic mass is 16.4. The van der Waals surface area contributed by atoms with Crippen LogP contribution in [0.3, 0.4) is 0 Å². The number of hydrogen-bond donors (Lipinski definition) is 3. The predicted octanol–water partition coefficient (Wildman–Crippen LogP) is 0.551. The van der Waals surface area contributed by atoms with Crippen molar-refractivity contribution in [1.82, 2.24) is 15.1 Å². The van der Waals surface area contributed by atoms with Crippen LogP contribution in [0.25, 0.3) is 0 Å². The molecule has 2 aromatic rings. The Bertz CT molecular complexity index is 648. The number of aromatic nitrogens is 2. The molecule has 2 rings (SSSR count). The number of carbonyl (C=O) groups excluding carboxylic acids is 1. The van der Waals surface area contributed by atoms with Gasteiger partial charge in [-0.25, -0.2) is 4.79 Å². The van der Waals surface area contributed by atoms with Crippen LogP contribution in [0.15, 0.2) is 36.7 Å². The second-order valence-corrected chi connectivity index (χ2v) is 4.64. The topological polar surface area (TPSA) is 104 Å². The SMILES string of the molecule is Cn1cc(C(=O)NC(Cc2ccc(O)cc2)C(=O)O)cn1. The first-order valence-electron chi connectivity index (χ1n) is 6.26. The maximum atomic E-state index is 11.9. The summed E-state index contributed by atoms with van der Waals surface area (Å²) in [7, 11) is 1.67. The van der Waals surface area contributed by atoms with E-state index < -0.39 is 17.9 Å². The molecule has 0 aliphatic rings. The number of phenols is 1. The number of nitrogens with zero attached hydrogens (tertiary/aromatic N) is 2. The third kappa shape index (κ3) is 3.82. The van der Waals surface area contributed by atoms with Crippen LogP contribution in [-0.2, 0) is 18.3 Å². The van der Waals surface area contributed by atoms with Crippen molar-refractivity contribution < 1.29 is 19.8 Å². The summed E-state index contributed by atoms with van der Waals surface area (Å²) in [6.45, 7) is 0. The second kappa shape index (κ2) is 6.08. The smallest absolute Gasteiger partial charge is 0.326 e. The van der Waals surface area contributed by atoms with Crippen molar-refractivity contribution in [2.75, 3.05) is 0 Å². The Morgan fingerprint density at radius 1 is 1.33 bits per heavy atom. The second-order valence-electron chi connectivity index (χ2n) is 4.64. The van der Waals surface area contributed by atoms with Gasteiger partial charge >= 0.3 is 5.97 Å². The Kier molecular flexibility index (Phi) is 4.22. The van der Waals surface area contributed by atoms with Crippen molar-refractivity contribution in [3.05, 3.63) is 47.8 Å². The molecule has 1 unspecified atom stereocenters. The van der Waals surface area contributed by atoms with Crippen LogP contribution in [0.2, 0.25) is 0 Å². The van der Waals surface area contributed by atoms with Gasteiger partial charge in [0.25, 0.3) is 5.91 Å². The zero-order valence-corrected chi connectivity index (χ0v) is 11.4. The van der Waals surface area contributed by atoms with Gasteiger partial charge in [0.1, 0.15) is 11.8 Å². The number of rotatable bonds is 5. The number of amides is 1. The Morgan fingerprint density at radius 3 is 2.52 bits per heavy atom. The summed E-state index contributed by atoms with van der Waals surface area (Å²) in [6.07, 6.45) is 3.01. The Labute approximate surface area is 120 Å². The van der Waals surface area contributed by atoms with Crippen molar-refractivity contribution >= 4 is 11.9 Å². The highest BCUT2D eigenvalue weighted by Gasteiger charge is 2.21. The van der Waals surface area contributed by atoms with Crippen LogP contribution >= 0.6 is 0 Å². The van der Waals surface area contributed by atoms with Gasteiger partial charge in [0.2, 0.25) is 0 Å². The number of benzene rings is 1. The average molecular weight is 289 g/mol. The molecule has 0 radical (unpaired) electrons. The lowest BCUT2D eigenvalue weighted by molar-refractivity contribution is -0.139. The number of carboxylic acids is 1. The number of aliphatic carboxylic acids is 1. The molecule has 1 heterocycles. The minimum atomic E-state index is -1.12. The highest BCUT2D eigenvalue weighted by molar-refractivity contribution is 5.96. The summed E-state index contributed by atoms with van der Waals surface area (Å²) in [6, 6.07) is 5.11. The summed E-state index contributed by atoms with van der Waals surface area (Å²) < 4.78 is 1.46. The minimum Gasteiger partial charge on any atom is -0.508 e. The van der Waals surface area contributed by atoms with Crippen molar-refractivity contribution in [3.63, 3.8) is 0 Å². The Hall–Kier alpha value is -2.83. The lowest BCUT2D eigenvalue weighted by atomic mass is 10.1. The van der Waals surface area contributed by atoms with E-state index in [0.717, 1.165) is 0 Å². The first-order chi connectivity index (χ1) is 9.95. The zero-order valence-electron chi connectivity index (χ0n) is 11.4. The lowest BCUT2D eigenvalue weighted by Gasteiger charge is -2.14. The first kappa shape index (κ1) is 14.6. The van der Waals surface area contributed by atoms with Gasteiger partial charge in [-0.3, -0.25) is 9.48 Å². The zero-order chi connectivity index (χ0) is 15.4. The van der Waals surface area contributed by atoms with E-state index in [2.05, 4.69) is 10.4 Å². The third-order valence-electron chi connectivity index (χ3n) is 2.95. The van der Waals surface area contributed by atoms with Crippen molar-refractivity contribution in [2.24, 2.45) is 7.05 Å². The van der Waals surface area contributed by atoms with E-state index in [1.54, 1.807) is 19.2 Å². The molecule has 0 bridgehead atoms. The monoisotopic (exact) mass is 289 g/mol. The molecule has 3 N–H and O–H groups in total. The molecule has 0 saturated carbocycles. The fraction of sp³-hybridized carbons (Fsp3) is 0.214. The minimum absolute atomic E-state index is 0.102. The Morgan fingerprint density at radius 2 is 2.00 bits per heavy atom. The van der Waals surface area contributed by atoms with Gasteiger partial charge in [-0.2, -0.15) is 5.10 Å². The number of hydrogen-bond acceptors (Lipinski definition) is 4. The maximum Gasteiger partial charge on any atom is 0.326 e. The normalized spacial score (nSPS) is 11.9. The van der Waals surface area contributed by atoms with Gasteiger partial charge in [0, 0.05) is 19.7 Å². The maximum absolute atomic E-state index is 11.9. The van der Waals surface area contributed by atoms with Gasteiger partial charge in [-0.05, 0) is 17.7 Å². The molecule has 0 saturated heterocycles. The molecule has 0 aliphatic heterocycles. The van der Waals surface area contributed by atoms with E-state index in [9.17, 15) is 19.8 Å². The predicted molar refractivity (Wildman–Crippen MR) is 73.9 cm³/mol. The number of carboxylic acid groups (broad SMARTS) is 1. The van der Waals surface area contributed by atoms with Crippen LogP contribution in [0.4, 0.5) is 0 Å². The molecule has 1 amide bonds. The van der Waals surface area contributed by atoms with E-state index in [1.165, 1.54) is 29.2 Å². The quantitative estimate of drug-likeness (QED) is 0.745. The summed E-state index contributed by atoms with van der Waals surface area (Å²) in [5.74, 6) is -1.51. The van der Waals surface area contributed by atoms with E-state index in [-0.39, 0.29) is 12.2 Å². The van der Waals surface area contributed by atoms with Crippen LogP contribution < -0.4 is 5.32 Å².